The van der Waals surface area contributed by atoms with Crippen LogP contribution in [0.2, 0.25) is 0 Å². The highest BCUT2D eigenvalue weighted by Crippen LogP contribution is 2.23. The van der Waals surface area contributed by atoms with Crippen LogP contribution in [0.3, 0.4) is 0 Å². The van der Waals surface area contributed by atoms with Gasteiger partial charge in [-0.1, -0.05) is 0 Å². The van der Waals surface area contributed by atoms with Crippen molar-refractivity contribution in [1.82, 2.24) is 9.47 Å². The number of nitrogens with zero attached hydrogens (tertiary/aromatic N) is 2. The summed E-state index contributed by atoms with van der Waals surface area (Å²) in [5.74, 6) is -0.146. The molecule has 2 N–H and O–H groups in total. The monoisotopic (exact) mass is 289 g/mol. The van der Waals surface area contributed by atoms with Gasteiger partial charge >= 0.3 is 6.18 Å². The molecule has 4 nitrogen and oxygen atoms in total. The van der Waals surface area contributed by atoms with Crippen LogP contribution in [0, 0.1) is 5.92 Å². The molecule has 2 rings (SSSR count). The van der Waals surface area contributed by atoms with Gasteiger partial charge in [0.25, 0.3) is 5.91 Å². The number of likely N-dealkylation sites (tertiary alicyclic amines) is 1. The number of aromatic nitrogens is 1. The van der Waals surface area contributed by atoms with Gasteiger partial charge in [-0.25, -0.2) is 0 Å². The zero-order chi connectivity index (χ0) is 14.9. The Balaban J connectivity index is 2.09. The normalized spacial score (nSPS) is 21.2. The zero-order valence-corrected chi connectivity index (χ0v) is 11.2. The smallest absolute Gasteiger partial charge is 0.337 e. The van der Waals surface area contributed by atoms with Crippen LogP contribution >= 0.6 is 0 Å². The van der Waals surface area contributed by atoms with Gasteiger partial charge in [-0.3, -0.25) is 4.79 Å². The maximum Gasteiger partial charge on any atom is 0.406 e. The summed E-state index contributed by atoms with van der Waals surface area (Å²) in [5.41, 5.74) is 5.88. The molecule has 20 heavy (non-hydrogen) atoms. The van der Waals surface area contributed by atoms with Crippen molar-refractivity contribution in [2.75, 3.05) is 13.1 Å². The number of hydrogen-bond donors (Lipinski definition) is 1. The fourth-order valence-electron chi connectivity index (χ4n) is 2.50. The maximum absolute atomic E-state index is 12.4. The summed E-state index contributed by atoms with van der Waals surface area (Å²) >= 11 is 0. The Kier molecular flexibility index (Phi) is 4.08. The van der Waals surface area contributed by atoms with Crippen LogP contribution in [0.5, 0.6) is 0 Å². The quantitative estimate of drug-likeness (QED) is 0.923. The highest BCUT2D eigenvalue weighted by Gasteiger charge is 2.33. The summed E-state index contributed by atoms with van der Waals surface area (Å²) in [7, 11) is 0. The number of alkyl halides is 3. The summed E-state index contributed by atoms with van der Waals surface area (Å²) < 4.78 is 38.3. The van der Waals surface area contributed by atoms with Gasteiger partial charge in [-0.2, -0.15) is 13.2 Å². The molecule has 0 saturated carbocycles. The van der Waals surface area contributed by atoms with Gasteiger partial charge in [0.15, 0.2) is 0 Å². The predicted octanol–water partition coefficient (Wildman–Crippen LogP) is 1.86. The number of carbonyl (C=O) groups excluding carboxylic acids is 1. The second-order valence-corrected chi connectivity index (χ2v) is 5.30. The number of rotatable bonds is 3. The Morgan fingerprint density at radius 2 is 2.25 bits per heavy atom. The summed E-state index contributed by atoms with van der Waals surface area (Å²) in [6, 6.07) is 2.86. The van der Waals surface area contributed by atoms with E-state index in [1.807, 2.05) is 6.92 Å². The summed E-state index contributed by atoms with van der Waals surface area (Å²) in [5, 5.41) is 0. The molecule has 1 fully saturated rings. The van der Waals surface area contributed by atoms with Crippen molar-refractivity contribution in [2.45, 2.75) is 32.1 Å². The second kappa shape index (κ2) is 5.47. The second-order valence-electron chi connectivity index (χ2n) is 5.30. The van der Waals surface area contributed by atoms with Crippen LogP contribution in [0.15, 0.2) is 18.3 Å². The van der Waals surface area contributed by atoms with Gasteiger partial charge in [0, 0.05) is 25.3 Å². The molecule has 1 aliphatic rings. The molecule has 1 amide bonds. The molecule has 1 aromatic rings. The number of amides is 1. The molecular formula is C13H18F3N3O. The number of carbonyl (C=O) groups is 1. The lowest BCUT2D eigenvalue weighted by Crippen LogP contribution is -2.34. The first-order valence-corrected chi connectivity index (χ1v) is 6.54. The number of hydrogen-bond acceptors (Lipinski definition) is 2. The lowest BCUT2D eigenvalue weighted by molar-refractivity contribution is -0.140. The Bertz CT molecular complexity index is 481. The third kappa shape index (κ3) is 3.33. The van der Waals surface area contributed by atoms with E-state index in [1.165, 1.54) is 18.3 Å². The van der Waals surface area contributed by atoms with Crippen molar-refractivity contribution >= 4 is 5.91 Å². The molecule has 0 aromatic carbocycles. The minimum Gasteiger partial charge on any atom is -0.337 e. The number of nitrogens with two attached hydrogens (primary N) is 1. The van der Waals surface area contributed by atoms with Gasteiger partial charge in [0.1, 0.15) is 12.2 Å². The van der Waals surface area contributed by atoms with E-state index in [0.717, 1.165) is 11.0 Å². The largest absolute Gasteiger partial charge is 0.406 e. The van der Waals surface area contributed by atoms with Crippen molar-refractivity contribution in [3.8, 4) is 0 Å². The number of halogens is 3. The molecule has 1 aliphatic heterocycles. The Morgan fingerprint density at radius 3 is 2.80 bits per heavy atom. The highest BCUT2D eigenvalue weighted by molar-refractivity contribution is 5.93. The van der Waals surface area contributed by atoms with Crippen LogP contribution in [-0.2, 0) is 6.54 Å². The van der Waals surface area contributed by atoms with Crippen molar-refractivity contribution < 1.29 is 18.0 Å². The molecule has 7 heteroatoms. The van der Waals surface area contributed by atoms with Crippen molar-refractivity contribution in [3.05, 3.63) is 24.0 Å². The van der Waals surface area contributed by atoms with Crippen LogP contribution in [0.25, 0.3) is 0 Å². The molecule has 1 aromatic heterocycles. The predicted molar refractivity (Wildman–Crippen MR) is 68.1 cm³/mol. The van der Waals surface area contributed by atoms with Gasteiger partial charge in [-0.05, 0) is 31.4 Å². The summed E-state index contributed by atoms with van der Waals surface area (Å²) in [6.45, 7) is 1.78. The molecule has 112 valence electrons. The van der Waals surface area contributed by atoms with Gasteiger partial charge in [-0.15, -0.1) is 0 Å². The van der Waals surface area contributed by atoms with E-state index in [-0.39, 0.29) is 23.6 Å². The van der Waals surface area contributed by atoms with Crippen molar-refractivity contribution in [2.24, 2.45) is 11.7 Å². The average Bonchev–Trinajstić information content (AvgIpc) is 2.93. The molecule has 0 bridgehead atoms. The summed E-state index contributed by atoms with van der Waals surface area (Å²) in [4.78, 5) is 13.9. The van der Waals surface area contributed by atoms with Gasteiger partial charge < -0.3 is 15.2 Å². The molecule has 2 unspecified atom stereocenters. The van der Waals surface area contributed by atoms with E-state index in [0.29, 0.717) is 13.1 Å². The first kappa shape index (κ1) is 14.9. The lowest BCUT2D eigenvalue weighted by Gasteiger charge is -2.19. The minimum absolute atomic E-state index is 0.0187. The van der Waals surface area contributed by atoms with E-state index in [4.69, 9.17) is 5.73 Å². The summed E-state index contributed by atoms with van der Waals surface area (Å²) in [6.07, 6.45) is -2.27. The third-order valence-corrected chi connectivity index (χ3v) is 3.65. The maximum atomic E-state index is 12.4. The van der Waals surface area contributed by atoms with Crippen LogP contribution < -0.4 is 5.73 Å². The molecule has 2 heterocycles. The lowest BCUT2D eigenvalue weighted by atomic mass is 10.0. The van der Waals surface area contributed by atoms with Gasteiger partial charge in [0.05, 0.1) is 0 Å². The van der Waals surface area contributed by atoms with E-state index >= 15 is 0 Å². The van der Waals surface area contributed by atoms with E-state index in [1.54, 1.807) is 4.90 Å². The Morgan fingerprint density at radius 1 is 1.55 bits per heavy atom. The van der Waals surface area contributed by atoms with E-state index in [2.05, 4.69) is 0 Å². The SMILES string of the molecule is CC(N)C1CCN(C(=O)c2cccn2CC(F)(F)F)C1. The van der Waals surface area contributed by atoms with Crippen LogP contribution in [0.4, 0.5) is 13.2 Å². The zero-order valence-electron chi connectivity index (χ0n) is 11.2. The van der Waals surface area contributed by atoms with Crippen LogP contribution in [-0.4, -0.2) is 40.7 Å². The van der Waals surface area contributed by atoms with E-state index in [9.17, 15) is 18.0 Å². The minimum atomic E-state index is -4.34. The molecule has 0 spiro atoms. The van der Waals surface area contributed by atoms with Crippen LogP contribution in [0.1, 0.15) is 23.8 Å². The molecule has 1 saturated heterocycles. The van der Waals surface area contributed by atoms with Crippen molar-refractivity contribution in [3.63, 3.8) is 0 Å². The standard InChI is InChI=1S/C13H18F3N3O/c1-9(17)10-4-6-18(7-10)12(20)11-3-2-5-19(11)8-13(14,15)16/h2-3,5,9-10H,4,6-8,17H2,1H3. The molecule has 2 atom stereocenters. The molecule has 0 radical (unpaired) electrons. The van der Waals surface area contributed by atoms with E-state index < -0.39 is 12.7 Å². The first-order chi connectivity index (χ1) is 9.28. The fourth-order valence-corrected chi connectivity index (χ4v) is 2.50. The topological polar surface area (TPSA) is 51.3 Å². The molecule has 0 aliphatic carbocycles. The fraction of sp³-hybridized carbons (Fsp3) is 0.615. The first-order valence-electron chi connectivity index (χ1n) is 6.54. The third-order valence-electron chi connectivity index (χ3n) is 3.65. The van der Waals surface area contributed by atoms with Gasteiger partial charge in [0.2, 0.25) is 0 Å². The van der Waals surface area contributed by atoms with Crippen molar-refractivity contribution in [1.29, 1.82) is 0 Å². The average molecular weight is 289 g/mol. The Labute approximate surface area is 115 Å². The highest BCUT2D eigenvalue weighted by atomic mass is 19.4. The Hall–Kier alpha value is -1.50. The molecular weight excluding hydrogens is 271 g/mol.